The number of nitrogens with zero attached hydrogens (tertiary/aromatic N) is 1. The summed E-state index contributed by atoms with van der Waals surface area (Å²) in [6.07, 6.45) is 3.46. The van der Waals surface area contributed by atoms with E-state index < -0.39 is 5.54 Å². The number of pyridine rings is 1. The number of amides is 1. The Bertz CT molecular complexity index is 1010. The summed E-state index contributed by atoms with van der Waals surface area (Å²) >= 11 is 0. The van der Waals surface area contributed by atoms with E-state index in [4.69, 9.17) is 4.74 Å². The summed E-state index contributed by atoms with van der Waals surface area (Å²) in [7, 11) is 1.63. The van der Waals surface area contributed by atoms with Gasteiger partial charge in [-0.2, -0.15) is 0 Å². The number of carbonyl (C=O) groups is 1. The summed E-state index contributed by atoms with van der Waals surface area (Å²) in [6.45, 7) is 1.86. The highest BCUT2D eigenvalue weighted by atomic mass is 16.5. The van der Waals surface area contributed by atoms with Crippen LogP contribution in [0.5, 0.6) is 11.5 Å². The zero-order chi connectivity index (χ0) is 18.3. The summed E-state index contributed by atoms with van der Waals surface area (Å²) in [5.41, 5.74) is 2.75. The quantitative estimate of drug-likeness (QED) is 0.754. The summed E-state index contributed by atoms with van der Waals surface area (Å²) in [5.74, 6) is 0.623. The second-order valence-electron chi connectivity index (χ2n) is 6.78. The van der Waals surface area contributed by atoms with Gasteiger partial charge in [-0.15, -0.1) is 0 Å². The number of carbonyl (C=O) groups excluding carboxylic acids is 1. The fraction of sp³-hybridized carbons (Fsp3) is 0.238. The minimum atomic E-state index is -0.426. The molecule has 0 unspecified atom stereocenters. The molecule has 4 rings (SSSR count). The highest BCUT2D eigenvalue weighted by Gasteiger charge is 2.47. The molecule has 0 spiro atoms. The molecule has 0 atom stereocenters. The first kappa shape index (κ1) is 16.4. The third-order valence-electron chi connectivity index (χ3n) is 5.01. The van der Waals surface area contributed by atoms with Gasteiger partial charge in [-0.25, -0.2) is 0 Å². The van der Waals surface area contributed by atoms with Crippen molar-refractivity contribution >= 4 is 16.8 Å². The monoisotopic (exact) mass is 348 g/mol. The second kappa shape index (κ2) is 6.02. The van der Waals surface area contributed by atoms with E-state index in [2.05, 4.69) is 10.3 Å². The topological polar surface area (TPSA) is 71.5 Å². The average molecular weight is 348 g/mol. The predicted octanol–water partition coefficient (Wildman–Crippen LogP) is 3.68. The number of benzene rings is 2. The SMILES string of the molecule is COc1cc(C2(NC(=O)c3cc(O)ccc3C)CC2)c2cccnc2c1. The van der Waals surface area contributed by atoms with Crippen molar-refractivity contribution in [3.63, 3.8) is 0 Å². The lowest BCUT2D eigenvalue weighted by Crippen LogP contribution is -2.35. The molecule has 2 aromatic carbocycles. The molecular weight excluding hydrogens is 328 g/mol. The van der Waals surface area contributed by atoms with Crippen molar-refractivity contribution in [2.45, 2.75) is 25.3 Å². The molecule has 1 aliphatic rings. The van der Waals surface area contributed by atoms with Crippen LogP contribution < -0.4 is 10.1 Å². The van der Waals surface area contributed by atoms with Gasteiger partial charge in [0.25, 0.3) is 5.91 Å². The van der Waals surface area contributed by atoms with Crippen LogP contribution in [0.15, 0.2) is 48.7 Å². The predicted molar refractivity (Wildman–Crippen MR) is 99.5 cm³/mol. The van der Waals surface area contributed by atoms with Crippen molar-refractivity contribution in [3.8, 4) is 11.5 Å². The van der Waals surface area contributed by atoms with E-state index >= 15 is 0 Å². The van der Waals surface area contributed by atoms with E-state index in [-0.39, 0.29) is 11.7 Å². The molecule has 3 aromatic rings. The van der Waals surface area contributed by atoms with E-state index in [1.54, 1.807) is 25.4 Å². The third kappa shape index (κ3) is 2.75. The molecule has 5 heteroatoms. The highest BCUT2D eigenvalue weighted by Crippen LogP contribution is 2.49. The van der Waals surface area contributed by atoms with Crippen molar-refractivity contribution in [2.24, 2.45) is 0 Å². The normalized spacial score (nSPS) is 14.8. The second-order valence-corrected chi connectivity index (χ2v) is 6.78. The Morgan fingerprint density at radius 1 is 1.23 bits per heavy atom. The summed E-state index contributed by atoms with van der Waals surface area (Å²) in [6, 6.07) is 12.6. The summed E-state index contributed by atoms with van der Waals surface area (Å²) in [4.78, 5) is 17.3. The first-order valence-electron chi connectivity index (χ1n) is 8.58. The molecule has 1 heterocycles. The largest absolute Gasteiger partial charge is 0.508 e. The number of hydrogen-bond donors (Lipinski definition) is 2. The molecule has 5 nitrogen and oxygen atoms in total. The Morgan fingerprint density at radius 2 is 2.04 bits per heavy atom. The lowest BCUT2D eigenvalue weighted by molar-refractivity contribution is 0.0930. The fourth-order valence-electron chi connectivity index (χ4n) is 3.40. The van der Waals surface area contributed by atoms with Gasteiger partial charge in [0.2, 0.25) is 0 Å². The third-order valence-corrected chi connectivity index (χ3v) is 5.01. The first-order valence-corrected chi connectivity index (χ1v) is 8.58. The molecule has 1 aliphatic carbocycles. The number of phenols is 1. The number of rotatable bonds is 4. The molecule has 2 N–H and O–H groups in total. The summed E-state index contributed by atoms with van der Waals surface area (Å²) in [5, 5.41) is 13.9. The van der Waals surface area contributed by atoms with E-state index in [0.29, 0.717) is 5.56 Å². The van der Waals surface area contributed by atoms with Crippen LogP contribution in [-0.4, -0.2) is 23.1 Å². The van der Waals surface area contributed by atoms with E-state index in [1.807, 2.05) is 31.2 Å². The lowest BCUT2D eigenvalue weighted by atomic mass is 9.97. The number of aromatic hydroxyl groups is 1. The van der Waals surface area contributed by atoms with Gasteiger partial charge in [0.15, 0.2) is 0 Å². The Kier molecular flexibility index (Phi) is 3.80. The zero-order valence-corrected chi connectivity index (χ0v) is 14.7. The minimum Gasteiger partial charge on any atom is -0.508 e. The van der Waals surface area contributed by atoms with Crippen LogP contribution >= 0.6 is 0 Å². The molecule has 26 heavy (non-hydrogen) atoms. The van der Waals surface area contributed by atoms with Crippen LogP contribution in [0.2, 0.25) is 0 Å². The number of phenolic OH excluding ortho intramolecular Hbond substituents is 1. The Morgan fingerprint density at radius 3 is 2.77 bits per heavy atom. The van der Waals surface area contributed by atoms with Gasteiger partial charge >= 0.3 is 0 Å². The maximum atomic E-state index is 12.9. The number of methoxy groups -OCH3 is 1. The number of hydrogen-bond acceptors (Lipinski definition) is 4. The Balaban J connectivity index is 1.75. The van der Waals surface area contributed by atoms with Crippen LogP contribution in [-0.2, 0) is 5.54 Å². The number of aromatic nitrogens is 1. The molecular formula is C21H20N2O3. The number of aryl methyl sites for hydroxylation is 1. The standard InChI is InChI=1S/C21H20N2O3/c1-13-5-6-14(24)10-17(13)20(25)23-21(7-8-21)18-11-15(26-2)12-19-16(18)4-3-9-22-19/h3-6,9-12,24H,7-8H2,1-2H3,(H,23,25). The maximum absolute atomic E-state index is 12.9. The van der Waals surface area contributed by atoms with E-state index in [0.717, 1.165) is 40.6 Å². The summed E-state index contributed by atoms with van der Waals surface area (Å²) < 4.78 is 5.42. The van der Waals surface area contributed by atoms with Crippen LogP contribution in [0.3, 0.4) is 0 Å². The van der Waals surface area contributed by atoms with Crippen molar-refractivity contribution in [2.75, 3.05) is 7.11 Å². The van der Waals surface area contributed by atoms with Crippen molar-refractivity contribution in [1.29, 1.82) is 0 Å². The Labute approximate surface area is 151 Å². The van der Waals surface area contributed by atoms with Gasteiger partial charge in [-0.3, -0.25) is 9.78 Å². The molecule has 132 valence electrons. The van der Waals surface area contributed by atoms with Crippen LogP contribution in [0.1, 0.15) is 34.3 Å². The number of nitrogens with one attached hydrogen (secondary N) is 1. The smallest absolute Gasteiger partial charge is 0.252 e. The molecule has 0 radical (unpaired) electrons. The van der Waals surface area contributed by atoms with Gasteiger partial charge < -0.3 is 15.2 Å². The molecule has 0 aliphatic heterocycles. The molecule has 0 bridgehead atoms. The van der Waals surface area contributed by atoms with Gasteiger partial charge in [0, 0.05) is 23.2 Å². The van der Waals surface area contributed by atoms with Gasteiger partial charge in [0.05, 0.1) is 18.2 Å². The van der Waals surface area contributed by atoms with Gasteiger partial charge in [-0.1, -0.05) is 12.1 Å². The molecule has 0 saturated heterocycles. The zero-order valence-electron chi connectivity index (χ0n) is 14.7. The van der Waals surface area contributed by atoms with Crippen molar-refractivity contribution in [1.82, 2.24) is 10.3 Å². The highest BCUT2D eigenvalue weighted by molar-refractivity contribution is 5.97. The van der Waals surface area contributed by atoms with Gasteiger partial charge in [-0.05, 0) is 55.2 Å². The van der Waals surface area contributed by atoms with E-state index in [1.165, 1.54) is 6.07 Å². The van der Waals surface area contributed by atoms with Crippen molar-refractivity contribution in [3.05, 3.63) is 65.4 Å². The number of fused-ring (bicyclic) bond motifs is 1. The van der Waals surface area contributed by atoms with Crippen LogP contribution in [0.4, 0.5) is 0 Å². The minimum absolute atomic E-state index is 0.0848. The molecule has 1 fully saturated rings. The molecule has 1 amide bonds. The molecule has 1 aromatic heterocycles. The Hall–Kier alpha value is -3.08. The van der Waals surface area contributed by atoms with Crippen LogP contribution in [0.25, 0.3) is 10.9 Å². The fourth-order valence-corrected chi connectivity index (χ4v) is 3.40. The number of ether oxygens (including phenoxy) is 1. The maximum Gasteiger partial charge on any atom is 0.252 e. The van der Waals surface area contributed by atoms with Gasteiger partial charge in [0.1, 0.15) is 11.5 Å². The van der Waals surface area contributed by atoms with E-state index in [9.17, 15) is 9.90 Å². The lowest BCUT2D eigenvalue weighted by Gasteiger charge is -2.21. The van der Waals surface area contributed by atoms with Crippen molar-refractivity contribution < 1.29 is 14.6 Å². The molecule has 1 saturated carbocycles. The van der Waals surface area contributed by atoms with Crippen LogP contribution in [0, 0.1) is 6.92 Å². The first-order chi connectivity index (χ1) is 12.5. The average Bonchev–Trinajstić information content (AvgIpc) is 3.43.